The molecule has 5 aromatic rings. The summed E-state index contributed by atoms with van der Waals surface area (Å²) in [6.45, 7) is 0.111. The predicted octanol–water partition coefficient (Wildman–Crippen LogP) is 7.19. The largest absolute Gasteiger partial charge is 0.494 e. The van der Waals surface area contributed by atoms with E-state index in [-0.39, 0.29) is 60.8 Å². The number of piperidine rings is 1. The minimum atomic E-state index is -1.68. The van der Waals surface area contributed by atoms with Gasteiger partial charge in [-0.1, -0.05) is 91.0 Å². The summed E-state index contributed by atoms with van der Waals surface area (Å²) in [4.78, 5) is 55.2. The first-order valence-electron chi connectivity index (χ1n) is 17.2. The van der Waals surface area contributed by atoms with Crippen LogP contribution in [-0.4, -0.2) is 52.8 Å². The molecule has 1 saturated heterocycles. The number of pyridine rings is 1. The van der Waals surface area contributed by atoms with Gasteiger partial charge >= 0.3 is 18.0 Å². The smallest absolute Gasteiger partial charge is 0.410 e. The highest BCUT2D eigenvalue weighted by Gasteiger charge is 2.50. The summed E-state index contributed by atoms with van der Waals surface area (Å²) in [5, 5.41) is 9.66. The van der Waals surface area contributed by atoms with Crippen molar-refractivity contribution in [2.75, 3.05) is 20.2 Å². The minimum Gasteiger partial charge on any atom is -0.494 e. The number of hydrogen-bond donors (Lipinski definition) is 1. The van der Waals surface area contributed by atoms with Crippen molar-refractivity contribution in [3.8, 4) is 5.75 Å². The van der Waals surface area contributed by atoms with E-state index in [1.54, 1.807) is 4.57 Å². The number of aromatic carboxylic acids is 1. The summed E-state index contributed by atoms with van der Waals surface area (Å²) in [6, 6.07) is 28.5. The van der Waals surface area contributed by atoms with Gasteiger partial charge in [-0.05, 0) is 48.4 Å². The second-order valence-electron chi connectivity index (χ2n) is 13.2. The normalized spacial score (nSPS) is 15.3. The van der Waals surface area contributed by atoms with Crippen LogP contribution in [0.25, 0.3) is 10.9 Å². The number of benzene rings is 4. The first-order chi connectivity index (χ1) is 25.2. The van der Waals surface area contributed by atoms with E-state index in [2.05, 4.69) is 0 Å². The highest BCUT2D eigenvalue weighted by Crippen LogP contribution is 2.48. The molecule has 1 aromatic heterocycles. The summed E-state index contributed by atoms with van der Waals surface area (Å²) < 4.78 is 36.4. The second-order valence-corrected chi connectivity index (χ2v) is 13.2. The van der Waals surface area contributed by atoms with Gasteiger partial charge in [0.05, 0.1) is 18.0 Å². The van der Waals surface area contributed by atoms with Crippen LogP contribution in [0.15, 0.2) is 108 Å². The topological polar surface area (TPSA) is 124 Å². The number of halogens is 1. The number of likely N-dealkylation sites (tertiary alicyclic amines) is 1. The quantitative estimate of drug-likeness (QED) is 0.152. The highest BCUT2D eigenvalue weighted by atomic mass is 19.1. The maximum absolute atomic E-state index is 16.9. The molecule has 1 saturated carbocycles. The number of carbonyl (C=O) groups excluding carboxylic acids is 2. The van der Waals surface area contributed by atoms with Gasteiger partial charge in [-0.15, -0.1) is 0 Å². The fourth-order valence-electron chi connectivity index (χ4n) is 7.13. The lowest BCUT2D eigenvalue weighted by Crippen LogP contribution is -2.50. The molecule has 1 amide bonds. The van der Waals surface area contributed by atoms with Gasteiger partial charge in [0, 0.05) is 30.9 Å². The van der Waals surface area contributed by atoms with E-state index in [4.69, 9.17) is 14.2 Å². The van der Waals surface area contributed by atoms with E-state index in [0.29, 0.717) is 11.1 Å². The fourth-order valence-corrected chi connectivity index (χ4v) is 7.13. The van der Waals surface area contributed by atoms with Crippen molar-refractivity contribution in [2.24, 2.45) is 0 Å². The highest BCUT2D eigenvalue weighted by molar-refractivity contribution is 5.97. The number of esters is 1. The second kappa shape index (κ2) is 14.3. The molecule has 4 aromatic carbocycles. The van der Waals surface area contributed by atoms with E-state index < -0.39 is 46.4 Å². The van der Waals surface area contributed by atoms with Gasteiger partial charge in [0.15, 0.2) is 11.9 Å². The van der Waals surface area contributed by atoms with Crippen LogP contribution in [0.2, 0.25) is 0 Å². The van der Waals surface area contributed by atoms with Crippen molar-refractivity contribution in [1.82, 2.24) is 9.47 Å². The number of rotatable bonds is 10. The number of carbonyl (C=O) groups is 3. The molecule has 0 spiro atoms. The lowest BCUT2D eigenvalue weighted by Gasteiger charge is -2.41. The van der Waals surface area contributed by atoms with Crippen molar-refractivity contribution in [3.05, 3.63) is 147 Å². The van der Waals surface area contributed by atoms with E-state index in [9.17, 15) is 24.3 Å². The third-order valence-corrected chi connectivity index (χ3v) is 9.98. The van der Waals surface area contributed by atoms with Crippen LogP contribution in [0.3, 0.4) is 0 Å². The number of aromatic nitrogens is 1. The molecule has 1 aliphatic carbocycles. The molecule has 7 rings (SSSR count). The summed E-state index contributed by atoms with van der Waals surface area (Å²) in [7, 11) is 1.33. The summed E-state index contributed by atoms with van der Waals surface area (Å²) in [5.41, 5.74) is -0.713. The number of amides is 1. The van der Waals surface area contributed by atoms with Gasteiger partial charge in [0.2, 0.25) is 5.43 Å². The molecule has 0 bridgehead atoms. The van der Waals surface area contributed by atoms with Crippen LogP contribution in [0, 0.1) is 5.82 Å². The standard InChI is InChI=1S/C41H37FN2O8/c1-50-37-33(32(42)23-30-34(37)44(29-17-18-29)24-31(35(30)45)38(46)47)41(19-21-43(22-20-41)40(49)51-25-26-11-5-2-6-12-26)39(48)52-36(27-13-7-3-8-14-27)28-15-9-4-10-16-28/h2-16,23-24,29,36H,17-22,25H2,1H3,(H,46,47). The van der Waals surface area contributed by atoms with Crippen LogP contribution < -0.4 is 10.2 Å². The number of hydrogen-bond acceptors (Lipinski definition) is 7. The number of carboxylic acids is 1. The molecule has 266 valence electrons. The monoisotopic (exact) mass is 704 g/mol. The first-order valence-corrected chi connectivity index (χ1v) is 17.2. The van der Waals surface area contributed by atoms with Gasteiger partial charge < -0.3 is 28.8 Å². The van der Waals surface area contributed by atoms with Crippen molar-refractivity contribution >= 4 is 28.9 Å². The van der Waals surface area contributed by atoms with Gasteiger partial charge in [-0.2, -0.15) is 0 Å². The minimum absolute atomic E-state index is 0.0259. The molecule has 2 fully saturated rings. The van der Waals surface area contributed by atoms with E-state index >= 15 is 4.39 Å². The zero-order valence-electron chi connectivity index (χ0n) is 28.5. The predicted molar refractivity (Wildman–Crippen MR) is 190 cm³/mol. The Morgan fingerprint density at radius 1 is 0.904 bits per heavy atom. The molecule has 0 radical (unpaired) electrons. The van der Waals surface area contributed by atoms with Crippen LogP contribution in [0.4, 0.5) is 9.18 Å². The third-order valence-electron chi connectivity index (χ3n) is 9.98. The molecule has 10 nitrogen and oxygen atoms in total. The molecule has 0 unspecified atom stereocenters. The number of nitrogens with zero attached hydrogens (tertiary/aromatic N) is 2. The summed E-state index contributed by atoms with van der Waals surface area (Å²) >= 11 is 0. The Kier molecular flexibility index (Phi) is 9.51. The SMILES string of the molecule is COc1c(C2(C(=O)OC(c3ccccc3)c3ccccc3)CCN(C(=O)OCc3ccccc3)CC2)c(F)cc2c(=O)c(C(=O)O)cn(C3CC3)c12. The van der Waals surface area contributed by atoms with E-state index in [1.807, 2.05) is 91.0 Å². The van der Waals surface area contributed by atoms with Crippen molar-refractivity contribution in [1.29, 1.82) is 0 Å². The number of carboxylic acid groups (broad SMARTS) is 1. The average Bonchev–Trinajstić information content (AvgIpc) is 4.02. The van der Waals surface area contributed by atoms with Crippen LogP contribution >= 0.6 is 0 Å². The number of methoxy groups -OCH3 is 1. The molecule has 11 heteroatoms. The summed E-state index contributed by atoms with van der Waals surface area (Å²) in [6.07, 6.45) is 1.17. The lowest BCUT2D eigenvalue weighted by atomic mass is 9.71. The molecule has 52 heavy (non-hydrogen) atoms. The molecule has 2 heterocycles. The Bertz CT molecular complexity index is 2140. The van der Waals surface area contributed by atoms with E-state index in [0.717, 1.165) is 24.5 Å². The fraction of sp³-hybridized carbons (Fsp3) is 0.268. The zero-order valence-corrected chi connectivity index (χ0v) is 28.5. The molecule has 2 aliphatic rings. The van der Waals surface area contributed by atoms with Crippen molar-refractivity contribution in [3.63, 3.8) is 0 Å². The van der Waals surface area contributed by atoms with Crippen molar-refractivity contribution < 1.29 is 38.1 Å². The Morgan fingerprint density at radius 2 is 1.48 bits per heavy atom. The molecule has 1 N–H and O–H groups in total. The van der Waals surface area contributed by atoms with Crippen LogP contribution in [-0.2, 0) is 26.3 Å². The van der Waals surface area contributed by atoms with Gasteiger partial charge in [0.25, 0.3) is 0 Å². The maximum atomic E-state index is 16.9. The third kappa shape index (κ3) is 6.50. The molecule has 0 atom stereocenters. The Labute approximate surface area is 299 Å². The van der Waals surface area contributed by atoms with E-state index in [1.165, 1.54) is 18.2 Å². The number of ether oxygens (including phenoxy) is 3. The maximum Gasteiger partial charge on any atom is 0.410 e. The zero-order chi connectivity index (χ0) is 36.4. The van der Waals surface area contributed by atoms with Crippen LogP contribution in [0.5, 0.6) is 5.75 Å². The van der Waals surface area contributed by atoms with Gasteiger partial charge in [-0.3, -0.25) is 9.59 Å². The Morgan fingerprint density at radius 3 is 2.02 bits per heavy atom. The average molecular weight is 705 g/mol. The van der Waals surface area contributed by atoms with Gasteiger partial charge in [-0.25, -0.2) is 14.0 Å². The van der Waals surface area contributed by atoms with Crippen LogP contribution in [0.1, 0.15) is 70.4 Å². The first kappa shape index (κ1) is 34.5. The Hall–Kier alpha value is -5.97. The Balaban J connectivity index is 1.34. The molecular formula is C41H37FN2O8. The van der Waals surface area contributed by atoms with Gasteiger partial charge in [0.1, 0.15) is 23.4 Å². The van der Waals surface area contributed by atoms with Crippen molar-refractivity contribution in [2.45, 2.75) is 49.9 Å². The molecular weight excluding hydrogens is 667 g/mol. The summed E-state index contributed by atoms with van der Waals surface area (Å²) in [5.74, 6) is -3.13. The lowest BCUT2D eigenvalue weighted by molar-refractivity contribution is -0.157. The molecule has 1 aliphatic heterocycles. The number of fused-ring (bicyclic) bond motifs is 1.